The second-order valence-electron chi connectivity index (χ2n) is 7.98. The Balaban J connectivity index is 1.73. The quantitative estimate of drug-likeness (QED) is 0.384. The number of benzene rings is 3. The van der Waals surface area contributed by atoms with E-state index in [0.29, 0.717) is 11.1 Å². The van der Waals surface area contributed by atoms with Crippen molar-refractivity contribution in [3.05, 3.63) is 89.0 Å². The van der Waals surface area contributed by atoms with Crippen LogP contribution in [0.25, 0.3) is 11.1 Å². The number of fused-ring (bicyclic) bond motifs is 1. The van der Waals surface area contributed by atoms with Crippen LogP contribution in [0.5, 0.6) is 5.75 Å². The van der Waals surface area contributed by atoms with Crippen molar-refractivity contribution >= 4 is 38.4 Å². The van der Waals surface area contributed by atoms with Crippen LogP contribution in [-0.2, 0) is 16.3 Å². The molecule has 0 spiro atoms. The number of phenols is 1. The van der Waals surface area contributed by atoms with Gasteiger partial charge in [0.2, 0.25) is 0 Å². The summed E-state index contributed by atoms with van der Waals surface area (Å²) >= 11 is 5.80. The van der Waals surface area contributed by atoms with Crippen LogP contribution in [0.3, 0.4) is 0 Å². The first-order valence-electron chi connectivity index (χ1n) is 10.2. The Kier molecular flexibility index (Phi) is 6.33. The maximum Gasteiger partial charge on any atom is 0.255 e. The van der Waals surface area contributed by atoms with Crippen molar-refractivity contribution in [2.24, 2.45) is 0 Å². The van der Waals surface area contributed by atoms with Gasteiger partial charge >= 0.3 is 0 Å². The summed E-state index contributed by atoms with van der Waals surface area (Å²) in [6.07, 6.45) is -0.257. The van der Waals surface area contributed by atoms with E-state index in [1.807, 2.05) is 0 Å². The van der Waals surface area contributed by atoms with Gasteiger partial charge in [0.15, 0.2) is 21.3 Å². The normalized spacial score (nSPS) is 13.5. The second-order valence-corrected chi connectivity index (χ2v) is 10.8. The summed E-state index contributed by atoms with van der Waals surface area (Å²) in [5, 5.41) is 12.6. The highest BCUT2D eigenvalue weighted by molar-refractivity contribution is 7.92. The molecule has 176 valence electrons. The molecule has 0 aliphatic rings. The van der Waals surface area contributed by atoms with E-state index in [1.165, 1.54) is 25.1 Å². The number of hydrogen-bond acceptors (Lipinski definition) is 6. The summed E-state index contributed by atoms with van der Waals surface area (Å²) in [4.78, 5) is 16.5. The molecule has 4 aromatic rings. The third kappa shape index (κ3) is 4.49. The van der Waals surface area contributed by atoms with Gasteiger partial charge in [0.25, 0.3) is 5.91 Å². The SMILES string of the molecule is CC(CNC(=O)c1ccccc1O)(Cc1nc2ccccc2o1)S(=O)(=O)c1ccc(Cl)cc1F. The van der Waals surface area contributed by atoms with Crippen molar-refractivity contribution < 1.29 is 27.1 Å². The van der Waals surface area contributed by atoms with Crippen LogP contribution in [0, 0.1) is 5.82 Å². The summed E-state index contributed by atoms with van der Waals surface area (Å²) < 4.78 is 46.0. The number of nitrogens with zero attached hydrogens (tertiary/aromatic N) is 1. The van der Waals surface area contributed by atoms with Gasteiger partial charge in [-0.25, -0.2) is 17.8 Å². The maximum atomic E-state index is 14.7. The first-order chi connectivity index (χ1) is 16.1. The molecule has 34 heavy (non-hydrogen) atoms. The van der Waals surface area contributed by atoms with E-state index >= 15 is 0 Å². The summed E-state index contributed by atoms with van der Waals surface area (Å²) in [6.45, 7) is 0.958. The van der Waals surface area contributed by atoms with E-state index in [4.69, 9.17) is 16.0 Å². The zero-order valence-electron chi connectivity index (χ0n) is 18.0. The first kappa shape index (κ1) is 23.7. The number of sulfone groups is 1. The molecular weight excluding hydrogens is 483 g/mol. The largest absolute Gasteiger partial charge is 0.507 e. The molecule has 0 saturated carbocycles. The van der Waals surface area contributed by atoms with Gasteiger partial charge in [-0.2, -0.15) is 0 Å². The molecule has 10 heteroatoms. The zero-order valence-corrected chi connectivity index (χ0v) is 19.5. The zero-order chi connectivity index (χ0) is 24.5. The van der Waals surface area contributed by atoms with Crippen LogP contribution in [0.4, 0.5) is 4.39 Å². The minimum atomic E-state index is -4.38. The van der Waals surface area contributed by atoms with Gasteiger partial charge < -0.3 is 14.8 Å². The van der Waals surface area contributed by atoms with Crippen LogP contribution >= 0.6 is 11.6 Å². The number of aromatic nitrogens is 1. The van der Waals surface area contributed by atoms with E-state index in [0.717, 1.165) is 12.1 Å². The predicted molar refractivity (Wildman–Crippen MR) is 125 cm³/mol. The number of nitrogens with one attached hydrogen (secondary N) is 1. The van der Waals surface area contributed by atoms with Gasteiger partial charge in [-0.3, -0.25) is 4.79 Å². The molecule has 2 N–H and O–H groups in total. The first-order valence-corrected chi connectivity index (χ1v) is 12.1. The minimum absolute atomic E-state index is 0.0261. The summed E-state index contributed by atoms with van der Waals surface area (Å²) in [5.41, 5.74) is 0.975. The van der Waals surface area contributed by atoms with E-state index in [-0.39, 0.29) is 28.6 Å². The van der Waals surface area contributed by atoms with Crippen molar-refractivity contribution in [3.63, 3.8) is 0 Å². The number of carbonyl (C=O) groups is 1. The van der Waals surface area contributed by atoms with Gasteiger partial charge in [-0.1, -0.05) is 35.9 Å². The van der Waals surface area contributed by atoms with Crippen molar-refractivity contribution in [2.75, 3.05) is 6.54 Å². The number of rotatable bonds is 7. The van der Waals surface area contributed by atoms with Gasteiger partial charge in [0.05, 0.1) is 5.56 Å². The fraction of sp³-hybridized carbons (Fsp3) is 0.167. The van der Waals surface area contributed by atoms with E-state index < -0.39 is 37.7 Å². The van der Waals surface area contributed by atoms with Crippen LogP contribution < -0.4 is 5.32 Å². The number of hydrogen-bond donors (Lipinski definition) is 2. The Morgan fingerprint density at radius 1 is 1.15 bits per heavy atom. The monoisotopic (exact) mass is 502 g/mol. The van der Waals surface area contributed by atoms with E-state index in [1.54, 1.807) is 36.4 Å². The molecule has 1 heterocycles. The highest BCUT2D eigenvalue weighted by Gasteiger charge is 2.44. The third-order valence-corrected chi connectivity index (χ3v) is 8.20. The van der Waals surface area contributed by atoms with Crippen LogP contribution in [0.1, 0.15) is 23.2 Å². The Hall–Kier alpha value is -3.43. The van der Waals surface area contributed by atoms with Crippen molar-refractivity contribution in [1.82, 2.24) is 10.3 Å². The number of halogens is 2. The number of oxazole rings is 1. The van der Waals surface area contributed by atoms with Gasteiger partial charge in [0.1, 0.15) is 26.7 Å². The van der Waals surface area contributed by atoms with Crippen molar-refractivity contribution in [2.45, 2.75) is 23.0 Å². The Bertz CT molecular complexity index is 1450. The molecule has 3 aromatic carbocycles. The fourth-order valence-electron chi connectivity index (χ4n) is 3.55. The van der Waals surface area contributed by atoms with Crippen LogP contribution in [0.2, 0.25) is 5.02 Å². The summed E-state index contributed by atoms with van der Waals surface area (Å²) in [6, 6.07) is 16.0. The summed E-state index contributed by atoms with van der Waals surface area (Å²) in [7, 11) is -4.38. The van der Waals surface area contributed by atoms with Crippen molar-refractivity contribution in [1.29, 1.82) is 0 Å². The molecule has 0 aliphatic heterocycles. The number of amides is 1. The van der Waals surface area contributed by atoms with Crippen LogP contribution in [-0.4, -0.2) is 35.7 Å². The van der Waals surface area contributed by atoms with Gasteiger partial charge in [0, 0.05) is 18.0 Å². The minimum Gasteiger partial charge on any atom is -0.507 e. The number of aromatic hydroxyl groups is 1. The fourth-order valence-corrected chi connectivity index (χ4v) is 5.38. The maximum absolute atomic E-state index is 14.7. The highest BCUT2D eigenvalue weighted by Crippen LogP contribution is 2.32. The predicted octanol–water partition coefficient (Wildman–Crippen LogP) is 4.53. The number of phenolic OH excluding ortho intramolecular Hbond substituents is 1. The molecule has 0 fully saturated rings. The lowest BCUT2D eigenvalue weighted by molar-refractivity contribution is 0.0946. The number of carbonyl (C=O) groups excluding carboxylic acids is 1. The average Bonchev–Trinajstić information content (AvgIpc) is 3.19. The third-order valence-electron chi connectivity index (χ3n) is 5.47. The lowest BCUT2D eigenvalue weighted by Gasteiger charge is -2.29. The lowest BCUT2D eigenvalue weighted by atomic mass is 10.1. The lowest BCUT2D eigenvalue weighted by Crippen LogP contribution is -2.48. The van der Waals surface area contributed by atoms with E-state index in [2.05, 4.69) is 10.3 Å². The summed E-state index contributed by atoms with van der Waals surface area (Å²) in [5.74, 6) is -1.84. The molecule has 1 unspecified atom stereocenters. The van der Waals surface area contributed by atoms with Gasteiger partial charge in [-0.15, -0.1) is 0 Å². The molecular formula is C24H20ClFN2O5S. The standard InChI is InChI=1S/C24H20ClFN2O5S/c1-24(13-22-28-18-7-3-5-9-20(18)33-22,14-27-23(30)16-6-2-4-8-19(16)29)34(31,32)21-11-10-15(25)12-17(21)26/h2-12,29H,13-14H2,1H3,(H,27,30). The highest BCUT2D eigenvalue weighted by atomic mass is 35.5. The molecule has 1 aromatic heterocycles. The average molecular weight is 503 g/mol. The van der Waals surface area contributed by atoms with Crippen LogP contribution in [0.15, 0.2) is 76.0 Å². The van der Waals surface area contributed by atoms with E-state index in [9.17, 15) is 22.7 Å². The molecule has 1 atom stereocenters. The van der Waals surface area contributed by atoms with Crippen molar-refractivity contribution in [3.8, 4) is 5.75 Å². The Morgan fingerprint density at radius 2 is 1.85 bits per heavy atom. The molecule has 7 nitrogen and oxygen atoms in total. The Labute approximate surface area is 200 Å². The molecule has 4 rings (SSSR count). The molecule has 0 bridgehead atoms. The molecule has 0 saturated heterocycles. The molecule has 0 radical (unpaired) electrons. The smallest absolute Gasteiger partial charge is 0.255 e. The van der Waals surface area contributed by atoms with Gasteiger partial charge in [-0.05, 0) is 49.4 Å². The Morgan fingerprint density at radius 3 is 2.56 bits per heavy atom. The topological polar surface area (TPSA) is 110 Å². The molecule has 0 aliphatic carbocycles. The molecule has 1 amide bonds. The second kappa shape index (κ2) is 9.08. The number of para-hydroxylation sites is 3.